The molecular formula is C11H22N2O4. The Morgan fingerprint density at radius 1 is 1.35 bits per heavy atom. The zero-order valence-electron chi connectivity index (χ0n) is 10.7. The molecule has 6 nitrogen and oxygen atoms in total. The summed E-state index contributed by atoms with van der Waals surface area (Å²) in [4.78, 5) is 22.6. The van der Waals surface area contributed by atoms with Crippen molar-refractivity contribution in [3.8, 4) is 0 Å². The summed E-state index contributed by atoms with van der Waals surface area (Å²) in [6.45, 7) is 5.53. The largest absolute Gasteiger partial charge is 0.466 e. The number of esters is 1. The molecule has 2 N–H and O–H groups in total. The Balaban J connectivity index is 3.58. The Morgan fingerprint density at radius 2 is 2.06 bits per heavy atom. The molecule has 0 aliphatic heterocycles. The van der Waals surface area contributed by atoms with Gasteiger partial charge < -0.3 is 20.1 Å². The van der Waals surface area contributed by atoms with E-state index in [1.54, 1.807) is 21.0 Å². The van der Waals surface area contributed by atoms with Crippen LogP contribution in [0.5, 0.6) is 0 Å². The van der Waals surface area contributed by atoms with Crippen LogP contribution in [-0.2, 0) is 19.1 Å². The molecule has 0 fully saturated rings. The second kappa shape index (κ2) is 10.0. The van der Waals surface area contributed by atoms with Crippen LogP contribution in [0.3, 0.4) is 0 Å². The van der Waals surface area contributed by atoms with Crippen molar-refractivity contribution in [1.29, 1.82) is 0 Å². The van der Waals surface area contributed by atoms with Gasteiger partial charge in [-0.2, -0.15) is 0 Å². The molecule has 0 radical (unpaired) electrons. The van der Waals surface area contributed by atoms with Gasteiger partial charge in [-0.15, -0.1) is 0 Å². The molecule has 0 saturated carbocycles. The van der Waals surface area contributed by atoms with E-state index in [0.717, 1.165) is 0 Å². The van der Waals surface area contributed by atoms with Crippen LogP contribution in [0.25, 0.3) is 0 Å². The molecule has 0 rings (SSSR count). The average Bonchev–Trinajstić information content (AvgIpc) is 2.32. The molecule has 0 aliphatic carbocycles. The normalized spacial score (nSPS) is 11.9. The van der Waals surface area contributed by atoms with Crippen molar-refractivity contribution in [2.75, 3.05) is 40.0 Å². The van der Waals surface area contributed by atoms with Crippen LogP contribution >= 0.6 is 0 Å². The number of carbonyl (C=O) groups is 2. The number of hydrogen-bond acceptors (Lipinski definition) is 5. The maximum absolute atomic E-state index is 11.3. The van der Waals surface area contributed by atoms with E-state index in [0.29, 0.717) is 26.3 Å². The second-order valence-electron chi connectivity index (χ2n) is 3.63. The summed E-state index contributed by atoms with van der Waals surface area (Å²) in [5.74, 6) is -0.754. The quantitative estimate of drug-likeness (QED) is 0.425. The Kier molecular flexibility index (Phi) is 9.37. The highest BCUT2D eigenvalue weighted by atomic mass is 16.5. The van der Waals surface area contributed by atoms with Crippen LogP contribution < -0.4 is 10.6 Å². The fourth-order valence-electron chi connectivity index (χ4n) is 1.07. The molecule has 100 valence electrons. The van der Waals surface area contributed by atoms with Gasteiger partial charge in [0.05, 0.1) is 25.7 Å². The lowest BCUT2D eigenvalue weighted by Gasteiger charge is -2.11. The Morgan fingerprint density at radius 3 is 2.65 bits per heavy atom. The summed E-state index contributed by atoms with van der Waals surface area (Å²) >= 11 is 0. The fraction of sp³-hybridized carbons (Fsp3) is 0.818. The molecule has 1 atom stereocenters. The molecule has 0 spiro atoms. The topological polar surface area (TPSA) is 76.7 Å². The molecule has 1 unspecified atom stereocenters. The summed E-state index contributed by atoms with van der Waals surface area (Å²) < 4.78 is 9.65. The number of methoxy groups -OCH3 is 1. The van der Waals surface area contributed by atoms with E-state index in [2.05, 4.69) is 10.6 Å². The van der Waals surface area contributed by atoms with E-state index in [9.17, 15) is 9.59 Å². The van der Waals surface area contributed by atoms with Crippen LogP contribution in [0.15, 0.2) is 0 Å². The van der Waals surface area contributed by atoms with E-state index in [1.807, 2.05) is 0 Å². The van der Waals surface area contributed by atoms with Gasteiger partial charge in [0.2, 0.25) is 5.91 Å². The number of carbonyl (C=O) groups excluding carboxylic acids is 2. The van der Waals surface area contributed by atoms with Crippen LogP contribution in [0, 0.1) is 5.92 Å². The first-order valence-electron chi connectivity index (χ1n) is 5.74. The van der Waals surface area contributed by atoms with Crippen molar-refractivity contribution in [3.05, 3.63) is 0 Å². The third kappa shape index (κ3) is 8.65. The number of amides is 1. The summed E-state index contributed by atoms with van der Waals surface area (Å²) in [7, 11) is 1.60. The molecule has 0 aromatic heterocycles. The van der Waals surface area contributed by atoms with Crippen molar-refractivity contribution in [2.45, 2.75) is 13.8 Å². The number of hydrogen-bond donors (Lipinski definition) is 2. The fourth-order valence-corrected chi connectivity index (χ4v) is 1.07. The first-order valence-corrected chi connectivity index (χ1v) is 5.74. The van der Waals surface area contributed by atoms with Crippen LogP contribution in [0.4, 0.5) is 0 Å². The molecule has 0 bridgehead atoms. The van der Waals surface area contributed by atoms with E-state index < -0.39 is 0 Å². The van der Waals surface area contributed by atoms with Gasteiger partial charge in [-0.1, -0.05) is 6.92 Å². The number of nitrogens with one attached hydrogen (secondary N) is 2. The molecule has 1 amide bonds. The molecule has 17 heavy (non-hydrogen) atoms. The van der Waals surface area contributed by atoms with E-state index >= 15 is 0 Å². The summed E-state index contributed by atoms with van der Waals surface area (Å²) in [6, 6.07) is 0. The summed E-state index contributed by atoms with van der Waals surface area (Å²) in [6.07, 6.45) is 0. The van der Waals surface area contributed by atoms with Crippen LogP contribution in [-0.4, -0.2) is 51.8 Å². The number of ether oxygens (including phenoxy) is 2. The maximum atomic E-state index is 11.3. The zero-order chi connectivity index (χ0) is 13.1. The molecule has 6 heteroatoms. The lowest BCUT2D eigenvalue weighted by atomic mass is 10.2. The monoisotopic (exact) mass is 246 g/mol. The minimum Gasteiger partial charge on any atom is -0.466 e. The zero-order valence-corrected chi connectivity index (χ0v) is 10.7. The van der Waals surface area contributed by atoms with Gasteiger partial charge in [0.1, 0.15) is 0 Å². The lowest BCUT2D eigenvalue weighted by molar-refractivity contribution is -0.147. The smallest absolute Gasteiger partial charge is 0.310 e. The van der Waals surface area contributed by atoms with E-state index in [-0.39, 0.29) is 24.3 Å². The molecule has 0 aliphatic rings. The molecule has 0 aromatic carbocycles. The van der Waals surface area contributed by atoms with Gasteiger partial charge >= 0.3 is 5.97 Å². The number of rotatable bonds is 9. The first kappa shape index (κ1) is 15.9. The molecule has 0 saturated heterocycles. The minimum absolute atomic E-state index is 0.141. The Bertz CT molecular complexity index is 234. The van der Waals surface area contributed by atoms with Gasteiger partial charge in [0.15, 0.2) is 0 Å². The minimum atomic E-state index is -0.321. The summed E-state index contributed by atoms with van der Waals surface area (Å²) in [5.41, 5.74) is 0. The lowest BCUT2D eigenvalue weighted by Crippen LogP contribution is -2.38. The highest BCUT2D eigenvalue weighted by molar-refractivity contribution is 5.79. The second-order valence-corrected chi connectivity index (χ2v) is 3.63. The first-order chi connectivity index (χ1) is 8.11. The Hall–Kier alpha value is -1.14. The Labute approximate surface area is 102 Å². The third-order valence-corrected chi connectivity index (χ3v) is 2.06. The van der Waals surface area contributed by atoms with E-state index in [4.69, 9.17) is 9.47 Å². The third-order valence-electron chi connectivity index (χ3n) is 2.06. The van der Waals surface area contributed by atoms with Crippen molar-refractivity contribution in [1.82, 2.24) is 10.6 Å². The van der Waals surface area contributed by atoms with Crippen molar-refractivity contribution in [2.24, 2.45) is 5.92 Å². The average molecular weight is 246 g/mol. The van der Waals surface area contributed by atoms with Gasteiger partial charge in [0.25, 0.3) is 0 Å². The highest BCUT2D eigenvalue weighted by Crippen LogP contribution is 1.96. The maximum Gasteiger partial charge on any atom is 0.310 e. The SMILES string of the molecule is CCOC(=O)C(C)CNC(=O)CNCCOC. The van der Waals surface area contributed by atoms with Gasteiger partial charge in [-0.05, 0) is 6.92 Å². The van der Waals surface area contributed by atoms with Gasteiger partial charge in [0, 0.05) is 20.2 Å². The summed E-state index contributed by atoms with van der Waals surface area (Å²) in [5, 5.41) is 5.57. The standard InChI is InChI=1S/C11H22N2O4/c1-4-17-11(15)9(2)7-13-10(14)8-12-5-6-16-3/h9,12H,4-8H2,1-3H3,(H,13,14). The van der Waals surface area contributed by atoms with Crippen LogP contribution in [0.2, 0.25) is 0 Å². The van der Waals surface area contributed by atoms with Crippen molar-refractivity contribution in [3.63, 3.8) is 0 Å². The van der Waals surface area contributed by atoms with Crippen molar-refractivity contribution >= 4 is 11.9 Å². The van der Waals surface area contributed by atoms with Crippen molar-refractivity contribution < 1.29 is 19.1 Å². The van der Waals surface area contributed by atoms with Gasteiger partial charge in [-0.25, -0.2) is 0 Å². The van der Waals surface area contributed by atoms with Crippen LogP contribution in [0.1, 0.15) is 13.8 Å². The molecular weight excluding hydrogens is 224 g/mol. The van der Waals surface area contributed by atoms with E-state index in [1.165, 1.54) is 0 Å². The predicted octanol–water partition coefficient (Wildman–Crippen LogP) is -0.462. The highest BCUT2D eigenvalue weighted by Gasteiger charge is 2.14. The molecule has 0 heterocycles. The predicted molar refractivity (Wildman–Crippen MR) is 63.6 cm³/mol. The van der Waals surface area contributed by atoms with Gasteiger partial charge in [-0.3, -0.25) is 9.59 Å². The molecule has 0 aromatic rings.